The molecule has 1 aliphatic heterocycles. The highest BCUT2D eigenvalue weighted by atomic mass is 16.5. The molecule has 1 amide bonds. The van der Waals surface area contributed by atoms with Crippen LogP contribution in [0.5, 0.6) is 0 Å². The van der Waals surface area contributed by atoms with Gasteiger partial charge in [0.25, 0.3) is 0 Å². The minimum absolute atomic E-state index is 0.169. The van der Waals surface area contributed by atoms with Gasteiger partial charge in [0.2, 0.25) is 5.91 Å². The van der Waals surface area contributed by atoms with Crippen LogP contribution in [0.15, 0.2) is 0 Å². The van der Waals surface area contributed by atoms with Crippen molar-refractivity contribution in [1.29, 1.82) is 0 Å². The van der Waals surface area contributed by atoms with Crippen LogP contribution in [0.4, 0.5) is 0 Å². The molecule has 2 aliphatic carbocycles. The number of carbonyl (C=O) groups is 1. The van der Waals surface area contributed by atoms with Gasteiger partial charge in [0.1, 0.15) is 0 Å². The number of hydrogen-bond donors (Lipinski definition) is 1. The Kier molecular flexibility index (Phi) is 2.90. The van der Waals surface area contributed by atoms with Crippen molar-refractivity contribution in [2.24, 2.45) is 5.92 Å². The molecule has 1 unspecified atom stereocenters. The normalized spacial score (nSPS) is 37.4. The van der Waals surface area contributed by atoms with Crippen LogP contribution < -0.4 is 5.32 Å². The Balaban J connectivity index is 1.70. The van der Waals surface area contributed by atoms with E-state index < -0.39 is 0 Å². The third-order valence-corrected chi connectivity index (χ3v) is 4.66. The van der Waals surface area contributed by atoms with Gasteiger partial charge in [-0.15, -0.1) is 0 Å². The van der Waals surface area contributed by atoms with Gasteiger partial charge < -0.3 is 9.64 Å². The zero-order valence-electron chi connectivity index (χ0n) is 11.6. The van der Waals surface area contributed by atoms with E-state index >= 15 is 0 Å². The number of nitrogens with zero attached hydrogens (tertiary/aromatic N) is 1. The Morgan fingerprint density at radius 1 is 1.44 bits per heavy atom. The number of hydrogen-bond acceptors (Lipinski definition) is 3. The van der Waals surface area contributed by atoms with E-state index in [1.165, 1.54) is 0 Å². The molecule has 1 N–H and O–H groups in total. The molecule has 18 heavy (non-hydrogen) atoms. The number of methoxy groups -OCH3 is 1. The van der Waals surface area contributed by atoms with Crippen molar-refractivity contribution in [1.82, 2.24) is 10.2 Å². The summed E-state index contributed by atoms with van der Waals surface area (Å²) in [6, 6.07) is 0.402. The van der Waals surface area contributed by atoms with Crippen LogP contribution in [0.3, 0.4) is 0 Å². The monoisotopic (exact) mass is 252 g/mol. The number of ether oxygens (including phenoxy) is 1. The highest BCUT2D eigenvalue weighted by molar-refractivity contribution is 5.92. The zero-order chi connectivity index (χ0) is 12.9. The summed E-state index contributed by atoms with van der Waals surface area (Å²) in [5, 5.41) is 3.59. The average Bonchev–Trinajstić information content (AvgIpc) is 2.96. The Morgan fingerprint density at radius 2 is 2.11 bits per heavy atom. The molecule has 4 nitrogen and oxygen atoms in total. The first-order chi connectivity index (χ1) is 8.55. The first-order valence-corrected chi connectivity index (χ1v) is 7.19. The lowest BCUT2D eigenvalue weighted by Gasteiger charge is -2.43. The lowest BCUT2D eigenvalue weighted by Crippen LogP contribution is -2.53. The van der Waals surface area contributed by atoms with Crippen molar-refractivity contribution in [2.75, 3.05) is 7.11 Å². The first kappa shape index (κ1) is 12.4. The second-order valence-electron chi connectivity index (χ2n) is 6.57. The maximum absolute atomic E-state index is 12.5. The van der Waals surface area contributed by atoms with Crippen molar-refractivity contribution < 1.29 is 9.53 Å². The maximum atomic E-state index is 12.5. The fourth-order valence-corrected chi connectivity index (χ4v) is 3.32. The van der Waals surface area contributed by atoms with E-state index in [0.717, 1.165) is 32.1 Å². The smallest absolute Gasteiger partial charge is 0.244 e. The molecule has 4 heteroatoms. The predicted octanol–water partition coefficient (Wildman–Crippen LogP) is 1.50. The van der Waals surface area contributed by atoms with Gasteiger partial charge in [-0.2, -0.15) is 0 Å². The Hall–Kier alpha value is -0.610. The lowest BCUT2D eigenvalue weighted by molar-refractivity contribution is -0.138. The summed E-state index contributed by atoms with van der Waals surface area (Å²) >= 11 is 0. The Bertz CT molecular complexity index is 346. The predicted molar refractivity (Wildman–Crippen MR) is 69.0 cm³/mol. The molecule has 3 rings (SSSR count). The molecule has 102 valence electrons. The lowest BCUT2D eigenvalue weighted by atomic mass is 9.87. The van der Waals surface area contributed by atoms with Crippen LogP contribution in [0.25, 0.3) is 0 Å². The first-order valence-electron chi connectivity index (χ1n) is 7.19. The molecule has 0 radical (unpaired) electrons. The summed E-state index contributed by atoms with van der Waals surface area (Å²) in [6.45, 7) is 4.45. The van der Waals surface area contributed by atoms with Gasteiger partial charge in [0.15, 0.2) is 0 Å². The van der Waals surface area contributed by atoms with Crippen molar-refractivity contribution in [2.45, 2.75) is 69.8 Å². The quantitative estimate of drug-likeness (QED) is 0.824. The summed E-state index contributed by atoms with van der Waals surface area (Å²) in [5.74, 6) is 0.970. The highest BCUT2D eigenvalue weighted by Gasteiger charge is 2.61. The van der Waals surface area contributed by atoms with Gasteiger partial charge >= 0.3 is 0 Å². The van der Waals surface area contributed by atoms with E-state index in [1.54, 1.807) is 7.11 Å². The van der Waals surface area contributed by atoms with Crippen molar-refractivity contribution in [3.05, 3.63) is 0 Å². The minimum atomic E-state index is -0.169. The van der Waals surface area contributed by atoms with Crippen LogP contribution in [-0.4, -0.2) is 41.8 Å². The van der Waals surface area contributed by atoms with Crippen LogP contribution in [0.2, 0.25) is 0 Å². The molecule has 0 bridgehead atoms. The van der Waals surface area contributed by atoms with Gasteiger partial charge in [0, 0.05) is 13.2 Å². The summed E-state index contributed by atoms with van der Waals surface area (Å²) in [6.07, 6.45) is 5.74. The number of rotatable bonds is 4. The molecular weight excluding hydrogens is 228 g/mol. The van der Waals surface area contributed by atoms with Crippen LogP contribution in [0.1, 0.15) is 46.0 Å². The van der Waals surface area contributed by atoms with E-state index in [4.69, 9.17) is 4.74 Å². The zero-order valence-corrected chi connectivity index (χ0v) is 11.6. The second-order valence-corrected chi connectivity index (χ2v) is 6.57. The Labute approximate surface area is 109 Å². The minimum Gasteiger partial charge on any atom is -0.381 e. The number of carbonyl (C=O) groups excluding carboxylic acids is 1. The molecule has 3 aliphatic rings. The van der Waals surface area contributed by atoms with Crippen LogP contribution >= 0.6 is 0 Å². The second kappa shape index (κ2) is 4.20. The van der Waals surface area contributed by atoms with Gasteiger partial charge in [-0.25, -0.2) is 0 Å². The molecule has 2 saturated carbocycles. The van der Waals surface area contributed by atoms with Gasteiger partial charge in [-0.3, -0.25) is 10.1 Å². The van der Waals surface area contributed by atoms with E-state index in [9.17, 15) is 4.79 Å². The van der Waals surface area contributed by atoms with Gasteiger partial charge in [-0.05, 0) is 38.0 Å². The van der Waals surface area contributed by atoms with Crippen LogP contribution in [-0.2, 0) is 9.53 Å². The van der Waals surface area contributed by atoms with Crippen molar-refractivity contribution >= 4 is 5.91 Å². The van der Waals surface area contributed by atoms with Gasteiger partial charge in [-0.1, -0.05) is 13.8 Å². The molecule has 0 aromatic heterocycles. The van der Waals surface area contributed by atoms with E-state index in [-0.39, 0.29) is 11.7 Å². The molecule has 1 heterocycles. The standard InChI is InChI=1S/C14H24N2O2/c1-9(2)6-12-15-14(4-5-14)13(17)16(12)10-7-11(8-10)18-3/h9-12,15H,4-8H2,1-3H3. The highest BCUT2D eigenvalue weighted by Crippen LogP contribution is 2.46. The molecule has 3 fully saturated rings. The largest absolute Gasteiger partial charge is 0.381 e. The van der Waals surface area contributed by atoms with E-state index in [1.807, 2.05) is 0 Å². The Morgan fingerprint density at radius 3 is 2.61 bits per heavy atom. The molecule has 0 aromatic carbocycles. The molecule has 1 atom stereocenters. The third kappa shape index (κ3) is 1.86. The molecular formula is C14H24N2O2. The number of amides is 1. The molecule has 1 saturated heterocycles. The summed E-state index contributed by atoms with van der Waals surface area (Å²) in [5.41, 5.74) is -0.169. The molecule has 0 aromatic rings. The number of nitrogens with one attached hydrogen (secondary N) is 1. The topological polar surface area (TPSA) is 41.6 Å². The summed E-state index contributed by atoms with van der Waals surface area (Å²) in [4.78, 5) is 14.7. The third-order valence-electron chi connectivity index (χ3n) is 4.66. The molecule has 1 spiro atoms. The van der Waals surface area contributed by atoms with Crippen LogP contribution in [0, 0.1) is 5.92 Å². The fourth-order valence-electron chi connectivity index (χ4n) is 3.32. The summed E-state index contributed by atoms with van der Waals surface area (Å²) in [7, 11) is 1.76. The summed E-state index contributed by atoms with van der Waals surface area (Å²) < 4.78 is 5.34. The average molecular weight is 252 g/mol. The van der Waals surface area contributed by atoms with E-state index in [0.29, 0.717) is 24.0 Å². The fraction of sp³-hybridized carbons (Fsp3) is 0.929. The van der Waals surface area contributed by atoms with Gasteiger partial charge in [0.05, 0.1) is 17.8 Å². The van der Waals surface area contributed by atoms with Crippen molar-refractivity contribution in [3.63, 3.8) is 0 Å². The van der Waals surface area contributed by atoms with E-state index in [2.05, 4.69) is 24.1 Å². The SMILES string of the molecule is COC1CC(N2C(=O)C3(CC3)NC2CC(C)C)C1. The maximum Gasteiger partial charge on any atom is 0.244 e. The van der Waals surface area contributed by atoms with Crippen molar-refractivity contribution in [3.8, 4) is 0 Å².